The maximum atomic E-state index is 13.7. The predicted octanol–water partition coefficient (Wildman–Crippen LogP) is 6.06. The van der Waals surface area contributed by atoms with Crippen LogP contribution in [-0.2, 0) is 43.0 Å². The maximum absolute atomic E-state index is 13.7. The molecule has 0 aliphatic rings. The number of nitrogens with zero attached hydrogens (tertiary/aromatic N) is 3. The number of amides is 1. The summed E-state index contributed by atoms with van der Waals surface area (Å²) < 4.78 is 13.0. The molecule has 43 heavy (non-hydrogen) atoms. The standard InChI is InChI=1S/C33H49N3O7/c1-12-21(13-2)25(37)18-35-14-15-36(29(35)34-30(41)43-20-42-28(40)33(9,10)11)19-26(38)22-16-23(31(3,4)5)27(39)24(17-22)32(6,7)8/h14-17,21,39H,12-13,18-20H2,1-11H3. The van der Waals surface area contributed by atoms with Crippen molar-refractivity contribution in [1.82, 2.24) is 9.13 Å². The van der Waals surface area contributed by atoms with Gasteiger partial charge in [0.1, 0.15) is 5.75 Å². The summed E-state index contributed by atoms with van der Waals surface area (Å²) in [5, 5.41) is 11.1. The second kappa shape index (κ2) is 13.7. The summed E-state index contributed by atoms with van der Waals surface area (Å²) in [7, 11) is 0. The molecule has 0 aliphatic carbocycles. The molecule has 1 heterocycles. The molecule has 0 spiro atoms. The fourth-order valence-electron chi connectivity index (χ4n) is 4.52. The summed E-state index contributed by atoms with van der Waals surface area (Å²) >= 11 is 0. The highest BCUT2D eigenvalue weighted by Crippen LogP contribution is 2.39. The molecule has 238 valence electrons. The minimum atomic E-state index is -1.03. The zero-order chi connectivity index (χ0) is 32.9. The Balaban J connectivity index is 2.52. The van der Waals surface area contributed by atoms with Gasteiger partial charge in [0.05, 0.1) is 18.5 Å². The first-order valence-electron chi connectivity index (χ1n) is 14.8. The number of phenolic OH excluding ortho intramolecular Hbond substituents is 1. The van der Waals surface area contributed by atoms with E-state index in [2.05, 4.69) is 4.99 Å². The highest BCUT2D eigenvalue weighted by atomic mass is 16.7. The van der Waals surface area contributed by atoms with E-state index in [0.717, 1.165) is 0 Å². The number of carbonyl (C=O) groups is 4. The van der Waals surface area contributed by atoms with Gasteiger partial charge in [-0.2, -0.15) is 0 Å². The number of imidazole rings is 1. The fourth-order valence-corrected chi connectivity index (χ4v) is 4.52. The number of Topliss-reactive ketones (excluding diaryl/α,β-unsaturated/α-hetero) is 2. The third-order valence-corrected chi connectivity index (χ3v) is 7.25. The number of aromatic nitrogens is 2. The summed E-state index contributed by atoms with van der Waals surface area (Å²) in [5.41, 5.74) is 0.138. The topological polar surface area (TPSA) is 129 Å². The molecule has 10 nitrogen and oxygen atoms in total. The average molecular weight is 600 g/mol. The molecule has 2 rings (SSSR count). The Kier molecular flexibility index (Phi) is 11.3. The predicted molar refractivity (Wildman–Crippen MR) is 164 cm³/mol. The first-order chi connectivity index (χ1) is 19.7. The Bertz CT molecular complexity index is 1370. The van der Waals surface area contributed by atoms with Crippen LogP contribution in [-0.4, -0.2) is 44.7 Å². The van der Waals surface area contributed by atoms with Crippen LogP contribution >= 0.6 is 0 Å². The van der Waals surface area contributed by atoms with Crippen LogP contribution in [0.25, 0.3) is 0 Å². The fraction of sp³-hybridized carbons (Fsp3) is 0.606. The number of aromatic hydroxyl groups is 1. The van der Waals surface area contributed by atoms with Crippen molar-refractivity contribution in [3.8, 4) is 5.75 Å². The number of esters is 1. The molecule has 1 N–H and O–H groups in total. The molecular weight excluding hydrogens is 550 g/mol. The average Bonchev–Trinajstić information content (AvgIpc) is 3.22. The van der Waals surface area contributed by atoms with Gasteiger partial charge in [0.25, 0.3) is 0 Å². The molecular formula is C33H49N3O7. The van der Waals surface area contributed by atoms with Gasteiger partial charge in [0.2, 0.25) is 12.4 Å². The van der Waals surface area contributed by atoms with Crippen molar-refractivity contribution in [3.05, 3.63) is 46.8 Å². The third-order valence-electron chi connectivity index (χ3n) is 7.25. The number of ether oxygens (including phenoxy) is 2. The number of ketones is 2. The number of hydrogen-bond donors (Lipinski definition) is 1. The van der Waals surface area contributed by atoms with Crippen molar-refractivity contribution in [2.45, 2.75) is 113 Å². The largest absolute Gasteiger partial charge is 0.507 e. The van der Waals surface area contributed by atoms with Gasteiger partial charge in [-0.15, -0.1) is 4.99 Å². The lowest BCUT2D eigenvalue weighted by Gasteiger charge is -2.28. The molecule has 0 unspecified atom stereocenters. The van der Waals surface area contributed by atoms with Crippen LogP contribution in [0.1, 0.15) is 110 Å². The van der Waals surface area contributed by atoms with Crippen LogP contribution in [0.15, 0.2) is 29.5 Å². The van der Waals surface area contributed by atoms with E-state index in [1.165, 1.54) is 9.13 Å². The Morgan fingerprint density at radius 1 is 0.814 bits per heavy atom. The number of benzene rings is 1. The Labute approximate surface area is 255 Å². The van der Waals surface area contributed by atoms with E-state index >= 15 is 0 Å². The summed E-state index contributed by atoms with van der Waals surface area (Å²) in [6.45, 7) is 19.9. The van der Waals surface area contributed by atoms with Crippen molar-refractivity contribution in [3.63, 3.8) is 0 Å². The van der Waals surface area contributed by atoms with Gasteiger partial charge in [-0.05, 0) is 56.6 Å². The minimum Gasteiger partial charge on any atom is -0.507 e. The van der Waals surface area contributed by atoms with Gasteiger partial charge in [-0.1, -0.05) is 55.4 Å². The van der Waals surface area contributed by atoms with E-state index in [4.69, 9.17) is 9.47 Å². The molecule has 1 aromatic carbocycles. The van der Waals surface area contributed by atoms with Crippen LogP contribution in [0.4, 0.5) is 4.79 Å². The lowest BCUT2D eigenvalue weighted by Crippen LogP contribution is -2.33. The molecule has 2 aromatic rings. The van der Waals surface area contributed by atoms with Crippen LogP contribution < -0.4 is 5.62 Å². The van der Waals surface area contributed by atoms with Crippen LogP contribution in [0.5, 0.6) is 5.75 Å². The van der Waals surface area contributed by atoms with E-state index in [1.807, 2.05) is 55.4 Å². The van der Waals surface area contributed by atoms with Crippen molar-refractivity contribution in [2.75, 3.05) is 6.79 Å². The maximum Gasteiger partial charge on any atom is 0.439 e. The number of rotatable bonds is 10. The molecule has 10 heteroatoms. The zero-order valence-electron chi connectivity index (χ0n) is 27.7. The quantitative estimate of drug-likeness (QED) is 0.200. The molecule has 0 bridgehead atoms. The van der Waals surface area contributed by atoms with Crippen LogP contribution in [0.3, 0.4) is 0 Å². The molecule has 1 aromatic heterocycles. The number of hydrogen-bond acceptors (Lipinski definition) is 7. The van der Waals surface area contributed by atoms with Crippen LogP contribution in [0.2, 0.25) is 0 Å². The summed E-state index contributed by atoms with van der Waals surface area (Å²) in [6, 6.07) is 3.41. The van der Waals surface area contributed by atoms with Gasteiger partial charge in [0, 0.05) is 35.0 Å². The summed E-state index contributed by atoms with van der Waals surface area (Å²) in [6.07, 6.45) is 3.50. The highest BCUT2D eigenvalue weighted by Gasteiger charge is 2.28. The molecule has 0 saturated carbocycles. The smallest absolute Gasteiger partial charge is 0.439 e. The molecule has 1 amide bonds. The van der Waals surface area contributed by atoms with E-state index in [-0.39, 0.29) is 41.9 Å². The highest BCUT2D eigenvalue weighted by molar-refractivity contribution is 5.96. The second-order valence-corrected chi connectivity index (χ2v) is 14.0. The minimum absolute atomic E-state index is 0.0221. The van der Waals surface area contributed by atoms with Gasteiger partial charge >= 0.3 is 12.1 Å². The molecule has 0 aliphatic heterocycles. The Morgan fingerprint density at radius 2 is 1.30 bits per heavy atom. The van der Waals surface area contributed by atoms with E-state index in [1.54, 1.807) is 45.3 Å². The second-order valence-electron chi connectivity index (χ2n) is 14.0. The van der Waals surface area contributed by atoms with Gasteiger partial charge < -0.3 is 23.7 Å². The van der Waals surface area contributed by atoms with Crippen molar-refractivity contribution in [1.29, 1.82) is 0 Å². The lowest BCUT2D eigenvalue weighted by molar-refractivity contribution is -0.161. The lowest BCUT2D eigenvalue weighted by atomic mass is 9.78. The van der Waals surface area contributed by atoms with Crippen LogP contribution in [0, 0.1) is 11.3 Å². The normalized spacial score (nSPS) is 12.9. The summed E-state index contributed by atoms with van der Waals surface area (Å²) in [5.74, 6) is -0.822. The van der Waals surface area contributed by atoms with E-state index < -0.39 is 35.1 Å². The molecule has 0 radical (unpaired) electrons. The van der Waals surface area contributed by atoms with Crippen molar-refractivity contribution in [2.24, 2.45) is 16.3 Å². The number of carbonyl (C=O) groups excluding carboxylic acids is 4. The Hall–Kier alpha value is -3.69. The van der Waals surface area contributed by atoms with Gasteiger partial charge in [0.15, 0.2) is 11.6 Å². The van der Waals surface area contributed by atoms with Crippen molar-refractivity contribution < 1.29 is 33.8 Å². The number of phenols is 1. The summed E-state index contributed by atoms with van der Waals surface area (Å²) in [4.78, 5) is 55.4. The molecule has 0 fully saturated rings. The molecule has 0 atom stereocenters. The first kappa shape index (κ1) is 35.5. The SMILES string of the molecule is CCC(CC)C(=O)Cn1ccn(CC(=O)c2cc(C(C)(C)C)c(O)c(C(C)(C)C)c2)c1=NC(=O)OCOC(=O)C(C)(C)C. The zero-order valence-corrected chi connectivity index (χ0v) is 27.7. The third kappa shape index (κ3) is 9.40. The molecule has 0 saturated heterocycles. The Morgan fingerprint density at radius 3 is 1.74 bits per heavy atom. The van der Waals surface area contributed by atoms with Crippen molar-refractivity contribution >= 4 is 23.6 Å². The van der Waals surface area contributed by atoms with Gasteiger partial charge in [-0.25, -0.2) is 4.79 Å². The van der Waals surface area contributed by atoms with Gasteiger partial charge in [-0.3, -0.25) is 14.4 Å². The monoisotopic (exact) mass is 599 g/mol. The van der Waals surface area contributed by atoms with E-state index in [0.29, 0.717) is 29.5 Å². The first-order valence-corrected chi connectivity index (χ1v) is 14.8. The van der Waals surface area contributed by atoms with E-state index in [9.17, 15) is 24.3 Å².